The number of benzene rings is 1. The van der Waals surface area contributed by atoms with Gasteiger partial charge in [-0.2, -0.15) is 0 Å². The van der Waals surface area contributed by atoms with Gasteiger partial charge < -0.3 is 9.64 Å². The highest BCUT2D eigenvalue weighted by Gasteiger charge is 2.40. The molecule has 6 nitrogen and oxygen atoms in total. The van der Waals surface area contributed by atoms with E-state index in [2.05, 4.69) is 11.9 Å². The van der Waals surface area contributed by atoms with Gasteiger partial charge in [-0.3, -0.25) is 0 Å². The summed E-state index contributed by atoms with van der Waals surface area (Å²) in [7, 11) is -1.52. The Bertz CT molecular complexity index is 970. The van der Waals surface area contributed by atoms with Gasteiger partial charge in [0.2, 0.25) is 10.0 Å². The summed E-state index contributed by atoms with van der Waals surface area (Å²) in [5, 5.41) is 0.247. The first-order valence-corrected chi connectivity index (χ1v) is 10.5. The van der Waals surface area contributed by atoms with Crippen LogP contribution in [0.2, 0.25) is 0 Å². The van der Waals surface area contributed by atoms with E-state index in [1.54, 1.807) is 0 Å². The van der Waals surface area contributed by atoms with Crippen LogP contribution < -0.4 is 0 Å². The Hall–Kier alpha value is -1.93. The summed E-state index contributed by atoms with van der Waals surface area (Å²) in [6, 6.07) is 4.54. The number of ether oxygens (including phenoxy) is 1. The van der Waals surface area contributed by atoms with Gasteiger partial charge in [-0.25, -0.2) is 21.6 Å². The molecule has 1 unspecified atom stereocenters. The molecule has 2 saturated heterocycles. The Balaban J connectivity index is 1.66. The second kappa shape index (κ2) is 6.06. The van der Waals surface area contributed by atoms with Gasteiger partial charge in [0.25, 0.3) is 0 Å². The minimum Gasteiger partial charge on any atom is -0.459 e. The van der Waals surface area contributed by atoms with Gasteiger partial charge in [-0.1, -0.05) is 0 Å². The Labute approximate surface area is 151 Å². The second-order valence-corrected chi connectivity index (χ2v) is 9.17. The summed E-state index contributed by atoms with van der Waals surface area (Å²) in [6.07, 6.45) is 5.84. The third kappa shape index (κ3) is 2.91. The van der Waals surface area contributed by atoms with Crippen molar-refractivity contribution in [3.63, 3.8) is 0 Å². The highest BCUT2D eigenvalue weighted by molar-refractivity contribution is 7.89. The van der Waals surface area contributed by atoms with Crippen molar-refractivity contribution in [2.45, 2.75) is 43.9 Å². The van der Waals surface area contributed by atoms with Crippen molar-refractivity contribution in [3.8, 4) is 0 Å². The zero-order chi connectivity index (χ0) is 18.6. The minimum absolute atomic E-state index is 0.0798. The van der Waals surface area contributed by atoms with Crippen molar-refractivity contribution in [1.29, 1.82) is 0 Å². The van der Waals surface area contributed by atoms with E-state index >= 15 is 0 Å². The lowest BCUT2D eigenvalue weighted by atomic mass is 10.0. The molecular weight excluding hydrogens is 359 g/mol. The van der Waals surface area contributed by atoms with Crippen molar-refractivity contribution in [2.75, 3.05) is 13.3 Å². The maximum Gasteiger partial charge on any atom is 0.340 e. The monoisotopic (exact) mass is 380 g/mol. The predicted molar refractivity (Wildman–Crippen MR) is 95.1 cm³/mol. The van der Waals surface area contributed by atoms with Crippen LogP contribution in [0.3, 0.4) is 0 Å². The molecule has 2 bridgehead atoms. The lowest BCUT2D eigenvalue weighted by molar-refractivity contribution is -0.000264. The summed E-state index contributed by atoms with van der Waals surface area (Å²) in [4.78, 5) is 15.1. The standard InChI is InChI=1S/C18H21FN2O4S/c1-20-12-4-5-13(20)9-14(8-12)25-18(22)16-10-21(26(2,23)24)17-6-3-11(19)7-15(16)17/h3,6-7,10,12-14H,4-5,8-9H2,1-2H3/t12-,13+,14?. The van der Waals surface area contributed by atoms with Crippen molar-refractivity contribution >= 4 is 26.9 Å². The van der Waals surface area contributed by atoms with E-state index < -0.39 is 21.8 Å². The number of aromatic nitrogens is 1. The van der Waals surface area contributed by atoms with E-state index in [-0.39, 0.29) is 22.6 Å². The highest BCUT2D eigenvalue weighted by Crippen LogP contribution is 2.36. The molecule has 2 aliphatic heterocycles. The lowest BCUT2D eigenvalue weighted by Crippen LogP contribution is -2.43. The molecule has 2 aromatic rings. The molecule has 0 N–H and O–H groups in total. The van der Waals surface area contributed by atoms with Gasteiger partial charge in [0.05, 0.1) is 17.3 Å². The number of carbonyl (C=O) groups excluding carboxylic acids is 1. The molecule has 0 spiro atoms. The maximum atomic E-state index is 13.7. The average molecular weight is 380 g/mol. The van der Waals surface area contributed by atoms with Crippen molar-refractivity contribution in [2.24, 2.45) is 0 Å². The average Bonchev–Trinajstić information content (AvgIpc) is 3.01. The summed E-state index contributed by atoms with van der Waals surface area (Å²) < 4.78 is 44.4. The number of fused-ring (bicyclic) bond motifs is 3. The van der Waals surface area contributed by atoms with Crippen LogP contribution in [-0.2, 0) is 14.8 Å². The Kier molecular flexibility index (Phi) is 4.07. The van der Waals surface area contributed by atoms with Crippen molar-refractivity contribution in [3.05, 3.63) is 35.8 Å². The molecule has 2 aliphatic rings. The van der Waals surface area contributed by atoms with Gasteiger partial charge >= 0.3 is 5.97 Å². The van der Waals surface area contributed by atoms with Gasteiger partial charge in [-0.15, -0.1) is 0 Å². The number of nitrogens with zero attached hydrogens (tertiary/aromatic N) is 2. The summed E-state index contributed by atoms with van der Waals surface area (Å²) in [5.41, 5.74) is 0.348. The third-order valence-electron chi connectivity index (χ3n) is 5.64. The number of piperidine rings is 1. The molecular formula is C18H21FN2O4S. The van der Waals surface area contributed by atoms with E-state index in [0.29, 0.717) is 12.1 Å². The highest BCUT2D eigenvalue weighted by atomic mass is 32.2. The topological polar surface area (TPSA) is 68.6 Å². The SMILES string of the molecule is CN1[C@@H]2CC[C@H]1CC(OC(=O)c1cn(S(C)(=O)=O)c3ccc(F)cc13)C2. The first kappa shape index (κ1) is 17.5. The molecule has 0 radical (unpaired) electrons. The number of hydrogen-bond acceptors (Lipinski definition) is 5. The molecule has 0 amide bonds. The summed E-state index contributed by atoms with van der Waals surface area (Å²) in [5.74, 6) is -1.13. The lowest BCUT2D eigenvalue weighted by Gasteiger charge is -2.35. The van der Waals surface area contributed by atoms with Crippen LogP contribution in [0, 0.1) is 5.82 Å². The van der Waals surface area contributed by atoms with Crippen LogP contribution in [0.5, 0.6) is 0 Å². The molecule has 3 heterocycles. The summed E-state index contributed by atoms with van der Waals surface area (Å²) >= 11 is 0. The smallest absolute Gasteiger partial charge is 0.340 e. The molecule has 2 fully saturated rings. The third-order valence-corrected chi connectivity index (χ3v) is 6.66. The van der Waals surface area contributed by atoms with Gasteiger partial charge in [0.1, 0.15) is 11.9 Å². The Morgan fingerprint density at radius 1 is 1.23 bits per heavy atom. The number of hydrogen-bond donors (Lipinski definition) is 0. The molecule has 0 saturated carbocycles. The van der Waals surface area contributed by atoms with Crippen LogP contribution in [0.25, 0.3) is 10.9 Å². The quantitative estimate of drug-likeness (QED) is 0.765. The van der Waals surface area contributed by atoms with Crippen LogP contribution in [0.4, 0.5) is 4.39 Å². The number of rotatable bonds is 3. The zero-order valence-corrected chi connectivity index (χ0v) is 15.5. The Morgan fingerprint density at radius 3 is 2.50 bits per heavy atom. The number of esters is 1. The first-order valence-electron chi connectivity index (χ1n) is 8.68. The predicted octanol–water partition coefficient (Wildman–Crippen LogP) is 2.37. The molecule has 1 aromatic heterocycles. The van der Waals surface area contributed by atoms with E-state index in [0.717, 1.165) is 35.9 Å². The molecule has 3 atom stereocenters. The van der Waals surface area contributed by atoms with E-state index in [9.17, 15) is 17.6 Å². The zero-order valence-electron chi connectivity index (χ0n) is 14.7. The Morgan fingerprint density at radius 2 is 1.88 bits per heavy atom. The van der Waals surface area contributed by atoms with Gasteiger partial charge in [0.15, 0.2) is 0 Å². The van der Waals surface area contributed by atoms with Gasteiger partial charge in [0, 0.05) is 36.5 Å². The van der Waals surface area contributed by atoms with Crippen LogP contribution >= 0.6 is 0 Å². The van der Waals surface area contributed by atoms with Crippen LogP contribution in [0.15, 0.2) is 24.4 Å². The molecule has 4 rings (SSSR count). The normalized spacial score (nSPS) is 26.3. The van der Waals surface area contributed by atoms with Crippen LogP contribution in [0.1, 0.15) is 36.0 Å². The van der Waals surface area contributed by atoms with E-state index in [1.165, 1.54) is 24.4 Å². The van der Waals surface area contributed by atoms with Crippen molar-refractivity contribution < 1.29 is 22.3 Å². The fraction of sp³-hybridized carbons (Fsp3) is 0.500. The van der Waals surface area contributed by atoms with Crippen molar-refractivity contribution in [1.82, 2.24) is 8.87 Å². The van der Waals surface area contributed by atoms with E-state index in [1.807, 2.05) is 0 Å². The minimum atomic E-state index is -3.62. The largest absolute Gasteiger partial charge is 0.459 e. The number of carbonyl (C=O) groups is 1. The molecule has 0 aliphatic carbocycles. The van der Waals surface area contributed by atoms with Gasteiger partial charge in [-0.05, 0) is 38.1 Å². The second-order valence-electron chi connectivity index (χ2n) is 7.31. The maximum absolute atomic E-state index is 13.7. The fourth-order valence-electron chi connectivity index (χ4n) is 4.28. The summed E-state index contributed by atoms with van der Waals surface area (Å²) in [6.45, 7) is 0. The number of halogens is 1. The van der Waals surface area contributed by atoms with Crippen LogP contribution in [-0.4, -0.2) is 54.8 Å². The fourth-order valence-corrected chi connectivity index (χ4v) is 5.10. The molecule has 26 heavy (non-hydrogen) atoms. The molecule has 140 valence electrons. The van der Waals surface area contributed by atoms with E-state index in [4.69, 9.17) is 4.74 Å². The molecule has 1 aromatic carbocycles. The molecule has 8 heteroatoms. The first-order chi connectivity index (χ1) is 12.2.